The first-order chi connectivity index (χ1) is 11.7. The summed E-state index contributed by atoms with van der Waals surface area (Å²) in [6.07, 6.45) is 1.77. The van der Waals surface area contributed by atoms with Crippen LogP contribution >= 0.6 is 11.6 Å². The lowest BCUT2D eigenvalue weighted by molar-refractivity contribution is -0.128. The number of para-hydroxylation sites is 1. The van der Waals surface area contributed by atoms with Crippen molar-refractivity contribution in [3.05, 3.63) is 58.6 Å². The number of halogens is 1. The van der Waals surface area contributed by atoms with Gasteiger partial charge in [0.1, 0.15) is 0 Å². The molecule has 0 saturated carbocycles. The molecule has 2 aromatic carbocycles. The molecular formula is C19H17ClN2O2. The summed E-state index contributed by atoms with van der Waals surface area (Å²) < 4.78 is 6.13. The number of nitrogens with one attached hydrogen (secondary N) is 2. The predicted octanol–water partition coefficient (Wildman–Crippen LogP) is 4.08. The molecule has 2 aromatic rings. The molecule has 4 nitrogen and oxygen atoms in total. The van der Waals surface area contributed by atoms with Gasteiger partial charge in [-0.2, -0.15) is 0 Å². The van der Waals surface area contributed by atoms with E-state index < -0.39 is 5.54 Å². The molecule has 1 saturated heterocycles. The average Bonchev–Trinajstić information content (AvgIpc) is 2.89. The van der Waals surface area contributed by atoms with Gasteiger partial charge in [0.25, 0.3) is 5.91 Å². The number of fused-ring (bicyclic) bond motifs is 6. The lowest BCUT2D eigenvalue weighted by atomic mass is 9.68. The molecule has 3 heterocycles. The maximum absolute atomic E-state index is 13.1. The molecular weight excluding hydrogens is 324 g/mol. The molecule has 0 bridgehead atoms. The summed E-state index contributed by atoms with van der Waals surface area (Å²) in [4.78, 5) is 13.1. The van der Waals surface area contributed by atoms with Crippen LogP contribution in [0, 0.1) is 5.92 Å². The summed E-state index contributed by atoms with van der Waals surface area (Å²) in [5, 5.41) is 7.29. The van der Waals surface area contributed by atoms with E-state index in [-0.39, 0.29) is 17.9 Å². The Hall–Kier alpha value is -2.04. The van der Waals surface area contributed by atoms with Gasteiger partial charge in [0.2, 0.25) is 0 Å². The second kappa shape index (κ2) is 4.98. The van der Waals surface area contributed by atoms with E-state index in [1.54, 1.807) is 0 Å². The molecule has 3 atom stereocenters. The first kappa shape index (κ1) is 14.3. The quantitative estimate of drug-likeness (QED) is 0.759. The van der Waals surface area contributed by atoms with Crippen LogP contribution in [-0.4, -0.2) is 12.5 Å². The van der Waals surface area contributed by atoms with E-state index in [2.05, 4.69) is 10.6 Å². The van der Waals surface area contributed by atoms with Crippen LogP contribution in [0.2, 0.25) is 5.02 Å². The minimum Gasteiger partial charge on any atom is -0.373 e. The van der Waals surface area contributed by atoms with Gasteiger partial charge in [-0.25, -0.2) is 0 Å². The molecule has 5 heteroatoms. The molecule has 122 valence electrons. The molecule has 0 aromatic heterocycles. The first-order valence-electron chi connectivity index (χ1n) is 8.30. The smallest absolute Gasteiger partial charge is 0.255 e. The van der Waals surface area contributed by atoms with Crippen LogP contribution in [0.25, 0.3) is 0 Å². The average molecular weight is 341 g/mol. The fraction of sp³-hybridized carbons (Fsp3) is 0.316. The monoisotopic (exact) mass is 340 g/mol. The van der Waals surface area contributed by atoms with Crippen LogP contribution < -0.4 is 10.6 Å². The van der Waals surface area contributed by atoms with Crippen LogP contribution in [0.1, 0.15) is 30.1 Å². The number of carbonyl (C=O) groups excluding carboxylic acids is 1. The maximum Gasteiger partial charge on any atom is 0.255 e. The number of amides is 1. The fourth-order valence-electron chi connectivity index (χ4n) is 4.49. The van der Waals surface area contributed by atoms with Crippen LogP contribution in [-0.2, 0) is 15.1 Å². The van der Waals surface area contributed by atoms with Crippen molar-refractivity contribution in [2.75, 3.05) is 17.2 Å². The van der Waals surface area contributed by atoms with Gasteiger partial charge in [-0.15, -0.1) is 0 Å². The molecule has 1 amide bonds. The van der Waals surface area contributed by atoms with E-state index in [0.29, 0.717) is 11.6 Å². The molecule has 3 aliphatic rings. The number of anilines is 2. The number of rotatable bonds is 0. The second-order valence-corrected chi connectivity index (χ2v) is 7.14. The zero-order valence-corrected chi connectivity index (χ0v) is 13.8. The molecule has 2 N–H and O–H groups in total. The van der Waals surface area contributed by atoms with Gasteiger partial charge in [-0.3, -0.25) is 4.79 Å². The van der Waals surface area contributed by atoms with E-state index in [9.17, 15) is 4.79 Å². The van der Waals surface area contributed by atoms with E-state index in [1.165, 1.54) is 0 Å². The third-order valence-electron chi connectivity index (χ3n) is 5.49. The van der Waals surface area contributed by atoms with Crippen LogP contribution in [0.15, 0.2) is 42.5 Å². The highest BCUT2D eigenvalue weighted by Crippen LogP contribution is 2.56. The number of carbonyl (C=O) groups is 1. The van der Waals surface area contributed by atoms with Gasteiger partial charge in [0.05, 0.1) is 6.10 Å². The van der Waals surface area contributed by atoms with Crippen LogP contribution in [0.4, 0.5) is 11.4 Å². The van der Waals surface area contributed by atoms with Crippen molar-refractivity contribution in [3.8, 4) is 0 Å². The van der Waals surface area contributed by atoms with Gasteiger partial charge < -0.3 is 15.4 Å². The van der Waals surface area contributed by atoms with Gasteiger partial charge in [0, 0.05) is 40.0 Å². The Bertz CT molecular complexity index is 853. The zero-order valence-electron chi connectivity index (χ0n) is 13.0. The van der Waals surface area contributed by atoms with Gasteiger partial charge in [0.15, 0.2) is 5.54 Å². The highest BCUT2D eigenvalue weighted by molar-refractivity contribution is 6.30. The van der Waals surface area contributed by atoms with Crippen molar-refractivity contribution in [3.63, 3.8) is 0 Å². The normalized spacial score (nSPS) is 30.1. The minimum absolute atomic E-state index is 0.00444. The maximum atomic E-state index is 13.1. The second-order valence-electron chi connectivity index (χ2n) is 6.70. The number of hydrogen-bond donors (Lipinski definition) is 2. The summed E-state index contributed by atoms with van der Waals surface area (Å²) in [5.74, 6) is 0.0469. The number of hydrogen-bond acceptors (Lipinski definition) is 3. The summed E-state index contributed by atoms with van der Waals surface area (Å²) in [5.41, 5.74) is 3.10. The highest BCUT2D eigenvalue weighted by Gasteiger charge is 2.58. The van der Waals surface area contributed by atoms with Crippen molar-refractivity contribution >= 4 is 28.9 Å². The molecule has 1 fully saturated rings. The van der Waals surface area contributed by atoms with Gasteiger partial charge in [-0.1, -0.05) is 29.8 Å². The largest absolute Gasteiger partial charge is 0.373 e. The minimum atomic E-state index is -0.775. The van der Waals surface area contributed by atoms with Crippen LogP contribution in [0.3, 0.4) is 0 Å². The Morgan fingerprint density at radius 2 is 2.04 bits per heavy atom. The highest BCUT2D eigenvalue weighted by atomic mass is 35.5. The van der Waals surface area contributed by atoms with Crippen molar-refractivity contribution in [2.45, 2.75) is 24.5 Å². The molecule has 5 rings (SSSR count). The number of ether oxygens (including phenoxy) is 1. The SMILES string of the molecule is O=C1Nc2ccccc2C12Nc1ccc(Cl)cc1[C@H]1OCCC[C@H]12. The van der Waals surface area contributed by atoms with E-state index >= 15 is 0 Å². The summed E-state index contributed by atoms with van der Waals surface area (Å²) >= 11 is 6.21. The third-order valence-corrected chi connectivity index (χ3v) is 5.72. The van der Waals surface area contributed by atoms with Crippen molar-refractivity contribution in [1.82, 2.24) is 0 Å². The Labute approximate surface area is 145 Å². The zero-order chi connectivity index (χ0) is 16.3. The Morgan fingerprint density at radius 1 is 1.17 bits per heavy atom. The van der Waals surface area contributed by atoms with Crippen molar-refractivity contribution in [2.24, 2.45) is 5.92 Å². The van der Waals surface area contributed by atoms with Gasteiger partial charge in [-0.05, 0) is 37.1 Å². The predicted molar refractivity (Wildman–Crippen MR) is 93.2 cm³/mol. The van der Waals surface area contributed by atoms with Crippen molar-refractivity contribution in [1.29, 1.82) is 0 Å². The lowest BCUT2D eigenvalue weighted by Gasteiger charge is -2.48. The molecule has 1 spiro atoms. The molecule has 24 heavy (non-hydrogen) atoms. The molecule has 0 radical (unpaired) electrons. The van der Waals surface area contributed by atoms with Gasteiger partial charge >= 0.3 is 0 Å². The van der Waals surface area contributed by atoms with Crippen molar-refractivity contribution < 1.29 is 9.53 Å². The Kier molecular flexibility index (Phi) is 2.97. The number of benzene rings is 2. The summed E-state index contributed by atoms with van der Waals surface area (Å²) in [6.45, 7) is 0.715. The summed E-state index contributed by atoms with van der Waals surface area (Å²) in [6, 6.07) is 13.7. The first-order valence-corrected chi connectivity index (χ1v) is 8.68. The van der Waals surface area contributed by atoms with E-state index in [0.717, 1.165) is 35.3 Å². The standard InChI is InChI=1S/C19H17ClN2O2/c20-11-7-8-15-12(10-11)17-14(5-3-9-24-17)19(22-15)13-4-1-2-6-16(13)21-18(19)23/h1-2,4,6-8,10,14,17,22H,3,5,9H2,(H,21,23)/t14-,17-,19?/m1/s1. The molecule has 1 unspecified atom stereocenters. The van der Waals surface area contributed by atoms with E-state index in [1.807, 2.05) is 42.5 Å². The molecule has 0 aliphatic carbocycles. The topological polar surface area (TPSA) is 50.4 Å². The fourth-order valence-corrected chi connectivity index (χ4v) is 4.67. The van der Waals surface area contributed by atoms with Crippen LogP contribution in [0.5, 0.6) is 0 Å². The summed E-state index contributed by atoms with van der Waals surface area (Å²) in [7, 11) is 0. The third kappa shape index (κ3) is 1.75. The molecule has 3 aliphatic heterocycles. The lowest BCUT2D eigenvalue weighted by Crippen LogP contribution is -2.54. The Morgan fingerprint density at radius 3 is 2.96 bits per heavy atom. The Balaban J connectivity index is 1.75. The van der Waals surface area contributed by atoms with E-state index in [4.69, 9.17) is 16.3 Å².